The van der Waals surface area contributed by atoms with Gasteiger partial charge in [0.25, 0.3) is 5.91 Å². The fourth-order valence-corrected chi connectivity index (χ4v) is 2.35. The van der Waals surface area contributed by atoms with Gasteiger partial charge in [0.05, 0.1) is 27.8 Å². The summed E-state index contributed by atoms with van der Waals surface area (Å²) >= 11 is 11.8. The number of nitrogens with one attached hydrogen (secondary N) is 1. The van der Waals surface area contributed by atoms with Gasteiger partial charge in [0.15, 0.2) is 6.61 Å². The van der Waals surface area contributed by atoms with Gasteiger partial charge >= 0.3 is 11.9 Å². The molecule has 1 N–H and O–H groups in total. The van der Waals surface area contributed by atoms with Crippen molar-refractivity contribution in [1.82, 2.24) is 0 Å². The SMILES string of the molecule is CCOC(=O)c1ccc(NC(=O)COC(=O)c2cccc(Cl)c2Cl)cc1. The van der Waals surface area contributed by atoms with E-state index >= 15 is 0 Å². The highest BCUT2D eigenvalue weighted by Crippen LogP contribution is 2.26. The summed E-state index contributed by atoms with van der Waals surface area (Å²) in [4.78, 5) is 35.4. The topological polar surface area (TPSA) is 81.7 Å². The number of esters is 2. The third-order valence-corrected chi connectivity index (χ3v) is 4.00. The van der Waals surface area contributed by atoms with Gasteiger partial charge in [-0.2, -0.15) is 0 Å². The van der Waals surface area contributed by atoms with Gasteiger partial charge < -0.3 is 14.8 Å². The normalized spacial score (nSPS) is 10.1. The summed E-state index contributed by atoms with van der Waals surface area (Å²) < 4.78 is 9.79. The fourth-order valence-electron chi connectivity index (χ4n) is 1.97. The molecular formula is C18H15Cl2NO5. The summed E-state index contributed by atoms with van der Waals surface area (Å²) in [5.41, 5.74) is 0.887. The van der Waals surface area contributed by atoms with Crippen LogP contribution in [0.5, 0.6) is 0 Å². The van der Waals surface area contributed by atoms with Crippen molar-refractivity contribution in [3.05, 3.63) is 63.6 Å². The molecule has 8 heteroatoms. The maximum Gasteiger partial charge on any atom is 0.340 e. The van der Waals surface area contributed by atoms with Crippen molar-refractivity contribution in [3.63, 3.8) is 0 Å². The van der Waals surface area contributed by atoms with Crippen LogP contribution in [-0.4, -0.2) is 31.1 Å². The van der Waals surface area contributed by atoms with Crippen molar-refractivity contribution < 1.29 is 23.9 Å². The van der Waals surface area contributed by atoms with E-state index in [2.05, 4.69) is 5.32 Å². The fraction of sp³-hybridized carbons (Fsp3) is 0.167. The van der Waals surface area contributed by atoms with Crippen LogP contribution in [0.3, 0.4) is 0 Å². The first kappa shape index (κ1) is 19.8. The monoisotopic (exact) mass is 395 g/mol. The highest BCUT2D eigenvalue weighted by molar-refractivity contribution is 6.43. The van der Waals surface area contributed by atoms with E-state index in [0.717, 1.165) is 0 Å². The third-order valence-electron chi connectivity index (χ3n) is 3.19. The van der Waals surface area contributed by atoms with Crippen LogP contribution in [0, 0.1) is 0 Å². The lowest BCUT2D eigenvalue weighted by Gasteiger charge is -2.08. The largest absolute Gasteiger partial charge is 0.462 e. The molecule has 0 unspecified atom stereocenters. The second kappa shape index (κ2) is 9.22. The van der Waals surface area contributed by atoms with Gasteiger partial charge in [0, 0.05) is 5.69 Å². The van der Waals surface area contributed by atoms with E-state index in [4.69, 9.17) is 32.7 Å². The molecule has 0 radical (unpaired) electrons. The number of halogens is 2. The highest BCUT2D eigenvalue weighted by Gasteiger charge is 2.15. The zero-order valence-corrected chi connectivity index (χ0v) is 15.3. The minimum atomic E-state index is -0.759. The van der Waals surface area contributed by atoms with Gasteiger partial charge in [-0.05, 0) is 43.3 Å². The number of carbonyl (C=O) groups excluding carboxylic acids is 3. The molecule has 2 rings (SSSR count). The standard InChI is InChI=1S/C18H15Cl2NO5/c1-2-25-17(23)11-6-8-12(9-7-11)21-15(22)10-26-18(24)13-4-3-5-14(19)16(13)20/h3-9H,2,10H2,1H3,(H,21,22). The average molecular weight is 396 g/mol. The number of benzene rings is 2. The summed E-state index contributed by atoms with van der Waals surface area (Å²) in [5.74, 6) is -1.75. The summed E-state index contributed by atoms with van der Waals surface area (Å²) in [7, 11) is 0. The van der Waals surface area contributed by atoms with Crippen LogP contribution in [0.15, 0.2) is 42.5 Å². The van der Waals surface area contributed by atoms with E-state index in [1.165, 1.54) is 24.3 Å². The molecule has 136 valence electrons. The summed E-state index contributed by atoms with van der Waals surface area (Å²) in [6, 6.07) is 10.7. The molecule has 0 spiro atoms. The Hall–Kier alpha value is -2.57. The van der Waals surface area contributed by atoms with E-state index in [1.807, 2.05) is 0 Å². The molecule has 0 fully saturated rings. The van der Waals surface area contributed by atoms with Gasteiger partial charge in [0.1, 0.15) is 0 Å². The van der Waals surface area contributed by atoms with Crippen molar-refractivity contribution in [2.45, 2.75) is 6.92 Å². The number of carbonyl (C=O) groups is 3. The van der Waals surface area contributed by atoms with Crippen LogP contribution in [0.25, 0.3) is 0 Å². The van der Waals surface area contributed by atoms with Crippen molar-refractivity contribution >= 4 is 46.7 Å². The molecular weight excluding hydrogens is 381 g/mol. The second-order valence-electron chi connectivity index (χ2n) is 5.02. The molecule has 2 aromatic rings. The van der Waals surface area contributed by atoms with E-state index in [-0.39, 0.29) is 22.2 Å². The number of anilines is 1. The summed E-state index contributed by atoms with van der Waals surface area (Å²) in [6.45, 7) is 1.49. The number of hydrogen-bond donors (Lipinski definition) is 1. The molecule has 6 nitrogen and oxygen atoms in total. The Balaban J connectivity index is 1.89. The van der Waals surface area contributed by atoms with E-state index < -0.39 is 24.5 Å². The smallest absolute Gasteiger partial charge is 0.340 e. The zero-order valence-electron chi connectivity index (χ0n) is 13.8. The zero-order chi connectivity index (χ0) is 19.1. The van der Waals surface area contributed by atoms with Gasteiger partial charge in [0.2, 0.25) is 0 Å². The minimum absolute atomic E-state index is 0.0640. The number of rotatable bonds is 6. The number of ether oxygens (including phenoxy) is 2. The van der Waals surface area contributed by atoms with Gasteiger partial charge in [-0.1, -0.05) is 29.3 Å². The lowest BCUT2D eigenvalue weighted by atomic mass is 10.2. The Labute approximate surface area is 160 Å². The molecule has 0 heterocycles. The first-order chi connectivity index (χ1) is 12.4. The molecule has 1 amide bonds. The maximum atomic E-state index is 12.0. The Morgan fingerprint density at radius 3 is 2.31 bits per heavy atom. The van der Waals surface area contributed by atoms with Crippen molar-refractivity contribution in [1.29, 1.82) is 0 Å². The van der Waals surface area contributed by atoms with Crippen LogP contribution >= 0.6 is 23.2 Å². The molecule has 26 heavy (non-hydrogen) atoms. The van der Waals surface area contributed by atoms with Crippen molar-refractivity contribution in [2.75, 3.05) is 18.5 Å². The van der Waals surface area contributed by atoms with Crippen LogP contribution < -0.4 is 5.32 Å². The van der Waals surface area contributed by atoms with Crippen molar-refractivity contribution in [3.8, 4) is 0 Å². The second-order valence-corrected chi connectivity index (χ2v) is 5.81. The van der Waals surface area contributed by atoms with E-state index in [0.29, 0.717) is 11.3 Å². The number of amides is 1. The van der Waals surface area contributed by atoms with Gasteiger partial charge in [-0.25, -0.2) is 9.59 Å². The van der Waals surface area contributed by atoms with Crippen LogP contribution in [-0.2, 0) is 14.3 Å². The van der Waals surface area contributed by atoms with Crippen LogP contribution in [0.1, 0.15) is 27.6 Å². The first-order valence-electron chi connectivity index (χ1n) is 7.60. The van der Waals surface area contributed by atoms with Crippen LogP contribution in [0.2, 0.25) is 10.0 Å². The van der Waals surface area contributed by atoms with E-state index in [1.54, 1.807) is 25.1 Å². The minimum Gasteiger partial charge on any atom is -0.462 e. The summed E-state index contributed by atoms with van der Waals surface area (Å²) in [5, 5.41) is 2.82. The Bertz CT molecular complexity index is 821. The van der Waals surface area contributed by atoms with Gasteiger partial charge in [-0.15, -0.1) is 0 Å². The first-order valence-corrected chi connectivity index (χ1v) is 8.36. The molecule has 0 atom stereocenters. The predicted octanol–water partition coefficient (Wildman–Crippen LogP) is 3.97. The molecule has 0 saturated heterocycles. The Morgan fingerprint density at radius 1 is 0.962 bits per heavy atom. The van der Waals surface area contributed by atoms with Gasteiger partial charge in [-0.3, -0.25) is 4.79 Å². The van der Waals surface area contributed by atoms with Crippen molar-refractivity contribution in [2.24, 2.45) is 0 Å². The Kier molecular flexibility index (Phi) is 7.00. The molecule has 0 saturated carbocycles. The average Bonchev–Trinajstić information content (AvgIpc) is 2.63. The Morgan fingerprint density at radius 2 is 1.65 bits per heavy atom. The van der Waals surface area contributed by atoms with Crippen LogP contribution in [0.4, 0.5) is 5.69 Å². The predicted molar refractivity (Wildman–Crippen MR) is 97.8 cm³/mol. The lowest BCUT2D eigenvalue weighted by molar-refractivity contribution is -0.119. The highest BCUT2D eigenvalue weighted by atomic mass is 35.5. The molecule has 0 bridgehead atoms. The quantitative estimate of drug-likeness (QED) is 0.748. The number of hydrogen-bond acceptors (Lipinski definition) is 5. The summed E-state index contributed by atoms with van der Waals surface area (Å²) in [6.07, 6.45) is 0. The molecule has 0 aliphatic heterocycles. The molecule has 0 aliphatic carbocycles. The van der Waals surface area contributed by atoms with E-state index in [9.17, 15) is 14.4 Å². The molecule has 0 aromatic heterocycles. The lowest BCUT2D eigenvalue weighted by Crippen LogP contribution is -2.21. The molecule has 0 aliphatic rings. The molecule has 2 aromatic carbocycles. The maximum absolute atomic E-state index is 12.0. The third kappa shape index (κ3) is 5.21.